The summed E-state index contributed by atoms with van der Waals surface area (Å²) in [5.41, 5.74) is 0.770. The first-order chi connectivity index (χ1) is 13.2. The zero-order valence-electron chi connectivity index (χ0n) is 14.9. The summed E-state index contributed by atoms with van der Waals surface area (Å²) >= 11 is 1.26. The van der Waals surface area contributed by atoms with Gasteiger partial charge in [0.25, 0.3) is 11.1 Å². The maximum atomic E-state index is 12.5. The zero-order chi connectivity index (χ0) is 18.6. The van der Waals surface area contributed by atoms with Crippen molar-refractivity contribution in [2.24, 2.45) is 0 Å². The molecule has 4 rings (SSSR count). The van der Waals surface area contributed by atoms with Gasteiger partial charge in [0.15, 0.2) is 0 Å². The third-order valence-corrected chi connectivity index (χ3v) is 5.22. The lowest BCUT2D eigenvalue weighted by Crippen LogP contribution is -2.49. The number of nitrogens with zero attached hydrogens (tertiary/aromatic N) is 5. The Hall–Kier alpha value is -2.81. The molecule has 27 heavy (non-hydrogen) atoms. The average Bonchev–Trinajstić information content (AvgIpc) is 3.35. The number of carbonyl (C=O) groups excluding carboxylic acids is 1. The Morgan fingerprint density at radius 2 is 2.04 bits per heavy atom. The molecule has 0 atom stereocenters. The summed E-state index contributed by atoms with van der Waals surface area (Å²) in [6.45, 7) is 4.74. The van der Waals surface area contributed by atoms with E-state index in [1.165, 1.54) is 11.8 Å². The van der Waals surface area contributed by atoms with Crippen molar-refractivity contribution < 1.29 is 13.6 Å². The Labute approximate surface area is 160 Å². The van der Waals surface area contributed by atoms with E-state index < -0.39 is 0 Å². The molecular formula is C18H19N5O3S. The van der Waals surface area contributed by atoms with Gasteiger partial charge in [-0.2, -0.15) is 0 Å². The van der Waals surface area contributed by atoms with E-state index in [0.717, 1.165) is 30.2 Å². The summed E-state index contributed by atoms with van der Waals surface area (Å²) in [5, 5.41) is 8.40. The number of pyridine rings is 1. The molecule has 0 bridgehead atoms. The summed E-state index contributed by atoms with van der Waals surface area (Å²) in [5.74, 6) is 2.42. The molecule has 1 fully saturated rings. The number of amides is 1. The van der Waals surface area contributed by atoms with Crippen LogP contribution >= 0.6 is 11.8 Å². The van der Waals surface area contributed by atoms with Crippen LogP contribution in [0.1, 0.15) is 5.76 Å². The first-order valence-corrected chi connectivity index (χ1v) is 9.64. The molecule has 1 saturated heterocycles. The molecule has 0 radical (unpaired) electrons. The summed E-state index contributed by atoms with van der Waals surface area (Å²) in [7, 11) is 0. The lowest BCUT2D eigenvalue weighted by molar-refractivity contribution is -0.128. The van der Waals surface area contributed by atoms with Crippen LogP contribution in [0.15, 0.2) is 50.8 Å². The molecule has 0 aliphatic carbocycles. The predicted molar refractivity (Wildman–Crippen MR) is 100 cm³/mol. The summed E-state index contributed by atoms with van der Waals surface area (Å²) in [4.78, 5) is 20.9. The number of aryl methyl sites for hydroxylation is 1. The van der Waals surface area contributed by atoms with Crippen LogP contribution in [-0.4, -0.2) is 57.9 Å². The second kappa shape index (κ2) is 7.83. The number of rotatable bonds is 5. The van der Waals surface area contributed by atoms with Crippen LogP contribution in [0.25, 0.3) is 11.5 Å². The molecule has 0 N–H and O–H groups in total. The number of hydrogen-bond donors (Lipinski definition) is 0. The van der Waals surface area contributed by atoms with E-state index in [0.29, 0.717) is 24.2 Å². The van der Waals surface area contributed by atoms with Gasteiger partial charge in [0.1, 0.15) is 11.6 Å². The Kier molecular flexibility index (Phi) is 5.10. The van der Waals surface area contributed by atoms with Crippen molar-refractivity contribution >= 4 is 23.5 Å². The molecule has 1 aliphatic rings. The highest BCUT2D eigenvalue weighted by Crippen LogP contribution is 2.26. The minimum atomic E-state index is 0.0694. The van der Waals surface area contributed by atoms with E-state index in [9.17, 15) is 4.79 Å². The number of carbonyl (C=O) groups is 1. The van der Waals surface area contributed by atoms with Crippen LogP contribution in [0.3, 0.4) is 0 Å². The molecule has 3 aromatic heterocycles. The van der Waals surface area contributed by atoms with Gasteiger partial charge in [0, 0.05) is 32.4 Å². The van der Waals surface area contributed by atoms with E-state index in [-0.39, 0.29) is 11.7 Å². The van der Waals surface area contributed by atoms with Crippen LogP contribution in [0.5, 0.6) is 0 Å². The second-order valence-corrected chi connectivity index (χ2v) is 7.03. The average molecular weight is 385 g/mol. The Morgan fingerprint density at radius 1 is 1.19 bits per heavy atom. The van der Waals surface area contributed by atoms with E-state index >= 15 is 0 Å². The highest BCUT2D eigenvalue weighted by Gasteiger charge is 2.22. The SMILES string of the molecule is Cc1occc1-c1nnc(SCC(=O)N2CCN(c3ccccn3)CC2)o1. The molecule has 140 valence electrons. The Morgan fingerprint density at radius 3 is 2.74 bits per heavy atom. The molecular weight excluding hydrogens is 366 g/mol. The predicted octanol–water partition coefficient (Wildman–Crippen LogP) is 2.47. The van der Waals surface area contributed by atoms with E-state index in [2.05, 4.69) is 20.1 Å². The number of piperazine rings is 1. The van der Waals surface area contributed by atoms with Gasteiger partial charge in [-0.05, 0) is 25.1 Å². The van der Waals surface area contributed by atoms with Gasteiger partial charge >= 0.3 is 0 Å². The summed E-state index contributed by atoms with van der Waals surface area (Å²) in [6.07, 6.45) is 3.36. The molecule has 4 heterocycles. The van der Waals surface area contributed by atoms with E-state index in [1.807, 2.05) is 30.0 Å². The minimum Gasteiger partial charge on any atom is -0.469 e. The first kappa shape index (κ1) is 17.6. The fraction of sp³-hybridized carbons (Fsp3) is 0.333. The highest BCUT2D eigenvalue weighted by molar-refractivity contribution is 7.99. The van der Waals surface area contributed by atoms with Crippen molar-refractivity contribution in [1.29, 1.82) is 0 Å². The van der Waals surface area contributed by atoms with Crippen molar-refractivity contribution in [2.75, 3.05) is 36.8 Å². The molecule has 1 aliphatic heterocycles. The smallest absolute Gasteiger partial charge is 0.277 e. The van der Waals surface area contributed by atoms with E-state index in [4.69, 9.17) is 8.83 Å². The molecule has 0 aromatic carbocycles. The van der Waals surface area contributed by atoms with Crippen LogP contribution in [0.4, 0.5) is 5.82 Å². The van der Waals surface area contributed by atoms with E-state index in [1.54, 1.807) is 18.5 Å². The minimum absolute atomic E-state index is 0.0694. The Bertz CT molecular complexity index is 903. The molecule has 8 nitrogen and oxygen atoms in total. The van der Waals surface area contributed by atoms with Crippen LogP contribution < -0.4 is 4.90 Å². The third-order valence-electron chi connectivity index (χ3n) is 4.42. The molecule has 0 saturated carbocycles. The molecule has 0 unspecified atom stereocenters. The number of thioether (sulfide) groups is 1. The van der Waals surface area contributed by atoms with Crippen molar-refractivity contribution in [3.05, 3.63) is 42.5 Å². The van der Waals surface area contributed by atoms with Crippen molar-refractivity contribution in [2.45, 2.75) is 12.1 Å². The molecule has 0 spiro atoms. The molecule has 3 aromatic rings. The number of hydrogen-bond acceptors (Lipinski definition) is 8. The van der Waals surface area contributed by atoms with Gasteiger partial charge in [-0.1, -0.05) is 17.8 Å². The quantitative estimate of drug-likeness (QED) is 0.619. The molecule has 1 amide bonds. The number of furan rings is 1. The van der Waals surface area contributed by atoms with Crippen molar-refractivity contribution in [3.63, 3.8) is 0 Å². The second-order valence-electron chi connectivity index (χ2n) is 6.11. The third kappa shape index (κ3) is 3.97. The zero-order valence-corrected chi connectivity index (χ0v) is 15.7. The van der Waals surface area contributed by atoms with Crippen molar-refractivity contribution in [1.82, 2.24) is 20.1 Å². The van der Waals surface area contributed by atoms with Crippen LogP contribution in [0.2, 0.25) is 0 Å². The van der Waals surface area contributed by atoms with Gasteiger partial charge < -0.3 is 18.6 Å². The maximum absolute atomic E-state index is 12.5. The van der Waals surface area contributed by atoms with Gasteiger partial charge in [-0.3, -0.25) is 4.79 Å². The summed E-state index contributed by atoms with van der Waals surface area (Å²) < 4.78 is 10.9. The normalized spacial score (nSPS) is 14.6. The van der Waals surface area contributed by atoms with Gasteiger partial charge in [-0.15, -0.1) is 10.2 Å². The number of anilines is 1. The van der Waals surface area contributed by atoms with Gasteiger partial charge in [0.2, 0.25) is 5.91 Å². The van der Waals surface area contributed by atoms with Crippen LogP contribution in [-0.2, 0) is 4.79 Å². The lowest BCUT2D eigenvalue weighted by atomic mass is 10.3. The monoisotopic (exact) mass is 385 g/mol. The standard InChI is InChI=1S/C18H19N5O3S/c1-13-14(5-11-25-13)17-20-21-18(26-17)27-12-16(24)23-9-7-22(8-10-23)15-4-2-3-6-19-15/h2-6,11H,7-10,12H2,1H3. The Balaban J connectivity index is 1.28. The van der Waals surface area contributed by atoms with Gasteiger partial charge in [0.05, 0.1) is 17.6 Å². The highest BCUT2D eigenvalue weighted by atomic mass is 32.2. The lowest BCUT2D eigenvalue weighted by Gasteiger charge is -2.35. The largest absolute Gasteiger partial charge is 0.469 e. The molecule has 9 heteroatoms. The maximum Gasteiger partial charge on any atom is 0.277 e. The number of aromatic nitrogens is 3. The summed E-state index contributed by atoms with van der Waals surface area (Å²) in [6, 6.07) is 7.64. The topological polar surface area (TPSA) is 88.5 Å². The fourth-order valence-corrected chi connectivity index (χ4v) is 3.59. The van der Waals surface area contributed by atoms with Crippen molar-refractivity contribution in [3.8, 4) is 11.5 Å². The van der Waals surface area contributed by atoms with Gasteiger partial charge in [-0.25, -0.2) is 4.98 Å². The first-order valence-electron chi connectivity index (χ1n) is 8.65. The fourth-order valence-electron chi connectivity index (χ4n) is 2.92. The van der Waals surface area contributed by atoms with Crippen LogP contribution in [0, 0.1) is 6.92 Å².